The molecule has 3 heterocycles. The predicted molar refractivity (Wildman–Crippen MR) is 80.8 cm³/mol. The first-order valence-corrected chi connectivity index (χ1v) is 7.57. The van der Waals surface area contributed by atoms with Gasteiger partial charge in [-0.2, -0.15) is 15.8 Å². The summed E-state index contributed by atoms with van der Waals surface area (Å²) in [4.78, 5) is 4.02. The van der Waals surface area contributed by atoms with Crippen molar-refractivity contribution in [3.05, 3.63) is 30.1 Å². The molecule has 120 valence electrons. The second-order valence-electron chi connectivity index (χ2n) is 6.05. The number of aromatic nitrogens is 1. The molecule has 0 saturated carbocycles. The van der Waals surface area contributed by atoms with Gasteiger partial charge in [0.15, 0.2) is 5.41 Å². The maximum absolute atomic E-state index is 9.94. The summed E-state index contributed by atoms with van der Waals surface area (Å²) in [6.07, 6.45) is 2.41. The number of rotatable bonds is 2. The van der Waals surface area contributed by atoms with Crippen molar-refractivity contribution in [2.75, 3.05) is 0 Å². The fourth-order valence-corrected chi connectivity index (χ4v) is 3.87. The van der Waals surface area contributed by atoms with Crippen LogP contribution in [0.4, 0.5) is 0 Å². The molecule has 0 spiro atoms. The second kappa shape index (κ2) is 5.03. The molecule has 2 aliphatic rings. The third-order valence-corrected chi connectivity index (χ3v) is 5.28. The maximum Gasteiger partial charge on any atom is 0.217 e. The molecule has 1 aromatic rings. The molecule has 7 heteroatoms. The summed E-state index contributed by atoms with van der Waals surface area (Å²) in [7, 11) is 0. The minimum Gasteiger partial charge on any atom is -0.447 e. The number of hydrogen-bond donors (Lipinski definition) is 1. The summed E-state index contributed by atoms with van der Waals surface area (Å²) >= 11 is 0. The molecule has 2 aliphatic heterocycles. The smallest absolute Gasteiger partial charge is 0.217 e. The summed E-state index contributed by atoms with van der Waals surface area (Å²) in [6.45, 7) is 3.51. The minimum absolute atomic E-state index is 0.379. The fraction of sp³-hybridized carbons (Fsp3) is 0.471. The molecule has 3 rings (SSSR count). The topological polar surface area (TPSA) is 127 Å². The molecule has 0 aliphatic carbocycles. The Morgan fingerprint density at radius 3 is 2.50 bits per heavy atom. The lowest BCUT2D eigenvalue weighted by Crippen LogP contribution is -2.58. The molecule has 1 N–H and O–H groups in total. The number of hydrogen-bond acceptors (Lipinski definition) is 7. The van der Waals surface area contributed by atoms with E-state index in [9.17, 15) is 15.8 Å². The van der Waals surface area contributed by atoms with Crippen molar-refractivity contribution in [1.82, 2.24) is 4.98 Å². The molecule has 2 fully saturated rings. The largest absolute Gasteiger partial charge is 0.447 e. The number of ether oxygens (including phenoxy) is 2. The van der Waals surface area contributed by atoms with Gasteiger partial charge in [0.05, 0.1) is 24.1 Å². The van der Waals surface area contributed by atoms with Crippen molar-refractivity contribution < 1.29 is 9.47 Å². The van der Waals surface area contributed by atoms with Gasteiger partial charge in [-0.05, 0) is 6.07 Å². The zero-order chi connectivity index (χ0) is 17.6. The molecule has 1 aromatic heterocycles. The Kier molecular flexibility index (Phi) is 3.34. The van der Waals surface area contributed by atoms with Crippen LogP contribution in [0.1, 0.15) is 31.9 Å². The highest BCUT2D eigenvalue weighted by Crippen LogP contribution is 2.66. The van der Waals surface area contributed by atoms with E-state index >= 15 is 0 Å². The van der Waals surface area contributed by atoms with Gasteiger partial charge in [0.25, 0.3) is 0 Å². The van der Waals surface area contributed by atoms with E-state index in [1.54, 1.807) is 25.3 Å². The van der Waals surface area contributed by atoms with Crippen LogP contribution in [0, 0.1) is 56.2 Å². The van der Waals surface area contributed by atoms with Crippen molar-refractivity contribution in [1.29, 1.82) is 21.2 Å². The van der Waals surface area contributed by atoms with Crippen LogP contribution in [0.5, 0.6) is 0 Å². The first kappa shape index (κ1) is 15.9. The molecule has 4 atom stereocenters. The van der Waals surface area contributed by atoms with E-state index in [0.29, 0.717) is 12.0 Å². The van der Waals surface area contributed by atoms with Crippen LogP contribution in [0.25, 0.3) is 0 Å². The highest BCUT2D eigenvalue weighted by molar-refractivity contribution is 5.89. The van der Waals surface area contributed by atoms with Gasteiger partial charge in [0.1, 0.15) is 6.10 Å². The van der Waals surface area contributed by atoms with Gasteiger partial charge in [-0.3, -0.25) is 10.4 Å². The van der Waals surface area contributed by atoms with Crippen LogP contribution >= 0.6 is 0 Å². The normalized spacial score (nSPS) is 36.0. The van der Waals surface area contributed by atoms with Gasteiger partial charge in [-0.25, -0.2) is 0 Å². The maximum atomic E-state index is 9.94. The van der Waals surface area contributed by atoms with Gasteiger partial charge in [-0.15, -0.1) is 0 Å². The Hall–Kier alpha value is -2.95. The van der Waals surface area contributed by atoms with Crippen molar-refractivity contribution in [2.24, 2.45) is 16.7 Å². The summed E-state index contributed by atoms with van der Waals surface area (Å²) in [5, 5.41) is 38.0. The molecule has 24 heavy (non-hydrogen) atoms. The van der Waals surface area contributed by atoms with Gasteiger partial charge < -0.3 is 9.47 Å². The molecule has 0 radical (unpaired) electrons. The van der Waals surface area contributed by atoms with Crippen molar-refractivity contribution in [3.63, 3.8) is 0 Å². The average Bonchev–Trinajstić information content (AvgIpc) is 2.78. The predicted octanol–water partition coefficient (Wildman–Crippen LogP) is 2.45. The van der Waals surface area contributed by atoms with Crippen LogP contribution in [0.3, 0.4) is 0 Å². The van der Waals surface area contributed by atoms with E-state index in [4.69, 9.17) is 14.9 Å². The van der Waals surface area contributed by atoms with E-state index in [-0.39, 0.29) is 5.90 Å². The monoisotopic (exact) mass is 321 g/mol. The Bertz CT molecular complexity index is 804. The molecule has 0 aromatic carbocycles. The highest BCUT2D eigenvalue weighted by Gasteiger charge is 2.78. The molecule has 0 unspecified atom stereocenters. The molecule has 7 nitrogen and oxygen atoms in total. The standard InChI is InChI=1S/C17H15N5O2/c1-3-17-11(2)16(10-20,14(21)24-17)15(8-18,9-19)13(23-17)12-5-4-6-22-7-12/h4-7,11,13,21H,3H2,1-2H3/t11-,13+,16+,17+/m0/s1. The molecule has 2 saturated heterocycles. The number of nitrogens with zero attached hydrogens (tertiary/aromatic N) is 4. The third-order valence-electron chi connectivity index (χ3n) is 5.28. The Balaban J connectivity index is 2.34. The zero-order valence-electron chi connectivity index (χ0n) is 13.3. The average molecular weight is 321 g/mol. The van der Waals surface area contributed by atoms with Gasteiger partial charge in [0.2, 0.25) is 17.1 Å². The zero-order valence-corrected chi connectivity index (χ0v) is 13.3. The summed E-state index contributed by atoms with van der Waals surface area (Å²) < 4.78 is 11.8. The van der Waals surface area contributed by atoms with Crippen LogP contribution in [0.15, 0.2) is 24.5 Å². The Labute approximate surface area is 139 Å². The summed E-state index contributed by atoms with van der Waals surface area (Å²) in [5.41, 5.74) is -3.11. The third kappa shape index (κ3) is 1.51. The molecule has 0 amide bonds. The first-order valence-electron chi connectivity index (χ1n) is 7.57. The number of nitrogens with one attached hydrogen (secondary N) is 1. The van der Waals surface area contributed by atoms with Gasteiger partial charge >= 0.3 is 0 Å². The lowest BCUT2D eigenvalue weighted by Gasteiger charge is -2.48. The van der Waals surface area contributed by atoms with Gasteiger partial charge in [0, 0.05) is 24.4 Å². The quantitative estimate of drug-likeness (QED) is 0.891. The number of fused-ring (bicyclic) bond motifs is 2. The molecular weight excluding hydrogens is 306 g/mol. The minimum atomic E-state index is -1.91. The highest BCUT2D eigenvalue weighted by atomic mass is 16.7. The van der Waals surface area contributed by atoms with E-state index in [1.165, 1.54) is 6.20 Å². The number of pyridine rings is 1. The SMILES string of the molecule is CC[C@@]12OC(=N)[C@@](C#N)([C@@H]1C)C(C#N)(C#N)[C@@H](c1cccnc1)O2. The van der Waals surface area contributed by atoms with E-state index in [2.05, 4.69) is 11.1 Å². The van der Waals surface area contributed by atoms with Crippen molar-refractivity contribution >= 4 is 5.90 Å². The fourth-order valence-electron chi connectivity index (χ4n) is 3.87. The van der Waals surface area contributed by atoms with E-state index < -0.39 is 28.6 Å². The molecular formula is C17H15N5O2. The van der Waals surface area contributed by atoms with Crippen molar-refractivity contribution in [3.8, 4) is 18.2 Å². The van der Waals surface area contributed by atoms with E-state index in [1.807, 2.05) is 19.1 Å². The summed E-state index contributed by atoms with van der Waals surface area (Å²) in [5.74, 6) is -2.24. The van der Waals surface area contributed by atoms with Crippen molar-refractivity contribution in [2.45, 2.75) is 32.2 Å². The van der Waals surface area contributed by atoms with Crippen LogP contribution in [-0.4, -0.2) is 16.7 Å². The second-order valence-corrected chi connectivity index (χ2v) is 6.05. The van der Waals surface area contributed by atoms with Crippen LogP contribution < -0.4 is 0 Å². The Morgan fingerprint density at radius 2 is 2.00 bits per heavy atom. The van der Waals surface area contributed by atoms with Crippen LogP contribution in [-0.2, 0) is 9.47 Å². The Morgan fingerprint density at radius 1 is 1.29 bits per heavy atom. The number of nitriles is 3. The lowest BCUT2D eigenvalue weighted by molar-refractivity contribution is -0.280. The first-order chi connectivity index (χ1) is 11.5. The van der Waals surface area contributed by atoms with E-state index in [0.717, 1.165) is 0 Å². The lowest BCUT2D eigenvalue weighted by atomic mass is 9.54. The molecule has 2 bridgehead atoms. The van der Waals surface area contributed by atoms with Gasteiger partial charge in [-0.1, -0.05) is 19.9 Å². The van der Waals surface area contributed by atoms with Crippen LogP contribution in [0.2, 0.25) is 0 Å². The summed E-state index contributed by atoms with van der Waals surface area (Å²) in [6, 6.07) is 9.38.